The number of aryl methyl sites for hydroxylation is 2. The number of nitrogens with zero attached hydrogens (tertiary/aromatic N) is 1. The smallest absolute Gasteiger partial charge is 0.266 e. The average molecular weight is 411 g/mol. The molecule has 0 saturated heterocycles. The molecule has 0 radical (unpaired) electrons. The fourth-order valence-electron chi connectivity index (χ4n) is 2.28. The Balaban J connectivity index is 2.34. The highest BCUT2D eigenvalue weighted by atomic mass is 79.9. The molecular weight excluding hydrogens is 392 g/mol. The lowest BCUT2D eigenvalue weighted by molar-refractivity contribution is -0.112. The number of nitriles is 1. The fourth-order valence-corrected chi connectivity index (χ4v) is 2.66. The first-order valence-corrected chi connectivity index (χ1v) is 8.77. The van der Waals surface area contributed by atoms with Gasteiger partial charge in [-0.1, -0.05) is 40.7 Å². The number of ether oxygens (including phenoxy) is 1. The topological polar surface area (TPSA) is 62.1 Å². The van der Waals surface area contributed by atoms with Crippen LogP contribution in [0.25, 0.3) is 6.08 Å². The highest BCUT2D eigenvalue weighted by molar-refractivity contribution is 9.10. The standard InChI is InChI=1S/C21H19BrN2O2/c1-4-9-26-20-8-7-18(22)12-16(20)11-17(13-23)21(25)24-19-10-14(2)5-6-15(19)3/h4-8,10-12H,1,9H2,2-3H3,(H,24,25)/b17-11+. The first kappa shape index (κ1) is 19.5. The fraction of sp³-hybridized carbons (Fsp3) is 0.143. The van der Waals surface area contributed by atoms with E-state index in [1.165, 1.54) is 6.08 Å². The van der Waals surface area contributed by atoms with Crippen LogP contribution in [0.3, 0.4) is 0 Å². The summed E-state index contributed by atoms with van der Waals surface area (Å²) in [5.41, 5.74) is 3.27. The van der Waals surface area contributed by atoms with Crippen LogP contribution in [0.5, 0.6) is 5.75 Å². The quantitative estimate of drug-likeness (QED) is 0.405. The highest BCUT2D eigenvalue weighted by Crippen LogP contribution is 2.26. The van der Waals surface area contributed by atoms with Crippen molar-refractivity contribution in [3.05, 3.63) is 75.8 Å². The Morgan fingerprint density at radius 2 is 2.08 bits per heavy atom. The maximum absolute atomic E-state index is 12.6. The van der Waals surface area contributed by atoms with E-state index in [4.69, 9.17) is 4.74 Å². The summed E-state index contributed by atoms with van der Waals surface area (Å²) in [4.78, 5) is 12.6. The Bertz CT molecular complexity index is 911. The minimum absolute atomic E-state index is 0.00698. The van der Waals surface area contributed by atoms with Gasteiger partial charge in [0, 0.05) is 15.7 Å². The predicted octanol–water partition coefficient (Wildman–Crippen LogP) is 5.18. The number of anilines is 1. The highest BCUT2D eigenvalue weighted by Gasteiger charge is 2.13. The first-order valence-electron chi connectivity index (χ1n) is 7.98. The molecule has 26 heavy (non-hydrogen) atoms. The van der Waals surface area contributed by atoms with Crippen LogP contribution in [0.1, 0.15) is 16.7 Å². The van der Waals surface area contributed by atoms with E-state index < -0.39 is 5.91 Å². The van der Waals surface area contributed by atoms with Gasteiger partial charge in [0.25, 0.3) is 5.91 Å². The molecule has 0 saturated carbocycles. The van der Waals surface area contributed by atoms with Crippen molar-refractivity contribution in [2.45, 2.75) is 13.8 Å². The number of carbonyl (C=O) groups excluding carboxylic acids is 1. The van der Waals surface area contributed by atoms with Gasteiger partial charge < -0.3 is 10.1 Å². The molecule has 0 atom stereocenters. The van der Waals surface area contributed by atoms with Crippen molar-refractivity contribution in [2.24, 2.45) is 0 Å². The molecule has 0 aliphatic rings. The van der Waals surface area contributed by atoms with Gasteiger partial charge in [0.15, 0.2) is 0 Å². The third-order valence-electron chi connectivity index (χ3n) is 3.63. The van der Waals surface area contributed by atoms with E-state index in [0.29, 0.717) is 23.6 Å². The van der Waals surface area contributed by atoms with Crippen molar-refractivity contribution < 1.29 is 9.53 Å². The number of hydrogen-bond donors (Lipinski definition) is 1. The van der Waals surface area contributed by atoms with Crippen LogP contribution >= 0.6 is 15.9 Å². The van der Waals surface area contributed by atoms with Crippen molar-refractivity contribution in [3.8, 4) is 11.8 Å². The molecule has 0 spiro atoms. The monoisotopic (exact) mass is 410 g/mol. The molecule has 0 bridgehead atoms. The second-order valence-electron chi connectivity index (χ2n) is 5.72. The van der Waals surface area contributed by atoms with E-state index >= 15 is 0 Å². The zero-order chi connectivity index (χ0) is 19.1. The number of hydrogen-bond acceptors (Lipinski definition) is 3. The number of halogens is 1. The van der Waals surface area contributed by atoms with E-state index in [2.05, 4.69) is 27.8 Å². The molecule has 0 heterocycles. The summed E-state index contributed by atoms with van der Waals surface area (Å²) < 4.78 is 6.42. The number of benzene rings is 2. The molecular formula is C21H19BrN2O2. The molecule has 5 heteroatoms. The second kappa shape index (κ2) is 9.02. The summed E-state index contributed by atoms with van der Waals surface area (Å²) in [7, 11) is 0. The summed E-state index contributed by atoms with van der Waals surface area (Å²) in [5.74, 6) is 0.108. The summed E-state index contributed by atoms with van der Waals surface area (Å²) >= 11 is 3.40. The van der Waals surface area contributed by atoms with Crippen molar-refractivity contribution in [1.29, 1.82) is 5.26 Å². The normalized spacial score (nSPS) is 10.8. The van der Waals surface area contributed by atoms with Crippen LogP contribution in [-0.2, 0) is 4.79 Å². The minimum atomic E-state index is -0.462. The summed E-state index contributed by atoms with van der Waals surface area (Å²) in [6.45, 7) is 7.81. The van der Waals surface area contributed by atoms with Crippen LogP contribution in [0.15, 0.2) is 59.1 Å². The van der Waals surface area contributed by atoms with Gasteiger partial charge >= 0.3 is 0 Å². The largest absolute Gasteiger partial charge is 0.489 e. The van der Waals surface area contributed by atoms with Crippen LogP contribution < -0.4 is 10.1 Å². The van der Waals surface area contributed by atoms with Gasteiger partial charge in [0.1, 0.15) is 24.0 Å². The number of rotatable bonds is 6. The molecule has 0 aliphatic heterocycles. The zero-order valence-corrected chi connectivity index (χ0v) is 16.3. The van der Waals surface area contributed by atoms with Gasteiger partial charge in [-0.05, 0) is 55.3 Å². The number of nitrogens with one attached hydrogen (secondary N) is 1. The molecule has 2 rings (SSSR count). The third kappa shape index (κ3) is 5.08. The molecule has 2 aromatic rings. The molecule has 0 aliphatic carbocycles. The van der Waals surface area contributed by atoms with Crippen LogP contribution in [0.4, 0.5) is 5.69 Å². The van der Waals surface area contributed by atoms with Gasteiger partial charge in [-0.2, -0.15) is 5.26 Å². The van der Waals surface area contributed by atoms with Gasteiger partial charge in [-0.15, -0.1) is 0 Å². The maximum atomic E-state index is 12.6. The Hall–Kier alpha value is -2.84. The van der Waals surface area contributed by atoms with Gasteiger partial charge in [0.2, 0.25) is 0 Å². The molecule has 2 aromatic carbocycles. The molecule has 132 valence electrons. The van der Waals surface area contributed by atoms with E-state index in [-0.39, 0.29) is 5.57 Å². The third-order valence-corrected chi connectivity index (χ3v) is 4.13. The van der Waals surface area contributed by atoms with Crippen molar-refractivity contribution in [3.63, 3.8) is 0 Å². The SMILES string of the molecule is C=CCOc1ccc(Br)cc1/C=C(\C#N)C(=O)Nc1cc(C)ccc1C. The molecule has 4 nitrogen and oxygen atoms in total. The Morgan fingerprint density at radius 3 is 2.77 bits per heavy atom. The van der Waals surface area contributed by atoms with Crippen molar-refractivity contribution in [1.82, 2.24) is 0 Å². The van der Waals surface area contributed by atoms with Crippen LogP contribution in [0.2, 0.25) is 0 Å². The Morgan fingerprint density at radius 1 is 1.31 bits per heavy atom. The summed E-state index contributed by atoms with van der Waals surface area (Å²) in [5, 5.41) is 12.2. The molecule has 0 aromatic heterocycles. The van der Waals surface area contributed by atoms with Crippen molar-refractivity contribution >= 4 is 33.6 Å². The Kier molecular flexibility index (Phi) is 6.76. The molecule has 0 unspecified atom stereocenters. The lowest BCUT2D eigenvalue weighted by Crippen LogP contribution is -2.14. The van der Waals surface area contributed by atoms with E-state index in [9.17, 15) is 10.1 Å². The lowest BCUT2D eigenvalue weighted by atomic mass is 10.1. The number of amides is 1. The van der Waals surface area contributed by atoms with E-state index in [1.54, 1.807) is 18.2 Å². The van der Waals surface area contributed by atoms with Crippen LogP contribution in [0, 0.1) is 25.2 Å². The maximum Gasteiger partial charge on any atom is 0.266 e. The van der Waals surface area contributed by atoms with Gasteiger partial charge in [0.05, 0.1) is 0 Å². The lowest BCUT2D eigenvalue weighted by Gasteiger charge is -2.10. The Labute approximate surface area is 161 Å². The first-order chi connectivity index (χ1) is 12.4. The zero-order valence-electron chi connectivity index (χ0n) is 14.7. The average Bonchev–Trinajstić information content (AvgIpc) is 2.61. The minimum Gasteiger partial charge on any atom is -0.489 e. The van der Waals surface area contributed by atoms with Gasteiger partial charge in [-0.25, -0.2) is 0 Å². The number of carbonyl (C=O) groups is 1. The van der Waals surface area contributed by atoms with E-state index in [0.717, 1.165) is 15.6 Å². The van der Waals surface area contributed by atoms with Gasteiger partial charge in [-0.3, -0.25) is 4.79 Å². The van der Waals surface area contributed by atoms with Crippen molar-refractivity contribution in [2.75, 3.05) is 11.9 Å². The summed E-state index contributed by atoms with van der Waals surface area (Å²) in [6.07, 6.45) is 3.15. The molecule has 1 N–H and O–H groups in total. The van der Waals surface area contributed by atoms with E-state index in [1.807, 2.05) is 44.2 Å². The van der Waals surface area contributed by atoms with Crippen LogP contribution in [-0.4, -0.2) is 12.5 Å². The predicted molar refractivity (Wildman–Crippen MR) is 108 cm³/mol. The molecule has 0 fully saturated rings. The molecule has 1 amide bonds. The summed E-state index contributed by atoms with van der Waals surface area (Å²) in [6, 6.07) is 13.1. The second-order valence-corrected chi connectivity index (χ2v) is 6.64.